The van der Waals surface area contributed by atoms with E-state index in [0.29, 0.717) is 6.61 Å². The Bertz CT molecular complexity index is 728. The van der Waals surface area contributed by atoms with Crippen LogP contribution in [0.4, 0.5) is 0 Å². The van der Waals surface area contributed by atoms with Gasteiger partial charge in [-0.15, -0.1) is 10.2 Å². The molecule has 0 saturated carbocycles. The van der Waals surface area contributed by atoms with E-state index in [1.807, 2.05) is 30.3 Å². The Morgan fingerprint density at radius 2 is 1.89 bits per heavy atom. The van der Waals surface area contributed by atoms with Gasteiger partial charge in [-0.1, -0.05) is 24.6 Å². The van der Waals surface area contributed by atoms with Crippen LogP contribution < -0.4 is 15.4 Å². The van der Waals surface area contributed by atoms with E-state index in [4.69, 9.17) is 4.74 Å². The monoisotopic (exact) mass is 384 g/mol. The number of hydrogen-bond donors (Lipinski definition) is 2. The van der Waals surface area contributed by atoms with Gasteiger partial charge >= 0.3 is 0 Å². The number of rotatable bonds is 9. The van der Waals surface area contributed by atoms with Gasteiger partial charge in [-0.3, -0.25) is 4.99 Å². The van der Waals surface area contributed by atoms with Gasteiger partial charge in [0.25, 0.3) is 0 Å². The molecule has 0 aliphatic carbocycles. The fourth-order valence-electron chi connectivity index (χ4n) is 3.39. The van der Waals surface area contributed by atoms with Crippen LogP contribution >= 0.6 is 0 Å². The molecule has 2 heterocycles. The summed E-state index contributed by atoms with van der Waals surface area (Å²) in [4.78, 5) is 4.28. The molecule has 7 heteroatoms. The second-order valence-electron chi connectivity index (χ2n) is 7.04. The number of nitrogens with one attached hydrogen (secondary N) is 2. The molecule has 0 saturated heterocycles. The molecule has 0 unspecified atom stereocenters. The standard InChI is InChI=1S/C21H32N6O/c1-22-21(24-15-9-17-28-18-10-4-2-5-11-18)23-14-8-13-20-26-25-19-12-6-3-7-16-27(19)20/h2,4-5,10-11H,3,6-9,12-17H2,1H3,(H2,22,23,24). The predicted octanol–water partition coefficient (Wildman–Crippen LogP) is 2.57. The zero-order valence-corrected chi connectivity index (χ0v) is 16.9. The molecule has 2 N–H and O–H groups in total. The predicted molar refractivity (Wildman–Crippen MR) is 112 cm³/mol. The highest BCUT2D eigenvalue weighted by Gasteiger charge is 2.14. The van der Waals surface area contributed by atoms with Crippen LogP contribution in [-0.4, -0.2) is 47.5 Å². The van der Waals surface area contributed by atoms with Crippen LogP contribution in [0.5, 0.6) is 5.75 Å². The zero-order valence-electron chi connectivity index (χ0n) is 16.9. The van der Waals surface area contributed by atoms with Crippen molar-refractivity contribution in [3.63, 3.8) is 0 Å². The summed E-state index contributed by atoms with van der Waals surface area (Å²) >= 11 is 0. The summed E-state index contributed by atoms with van der Waals surface area (Å²) in [6, 6.07) is 9.90. The molecule has 7 nitrogen and oxygen atoms in total. The number of para-hydroxylation sites is 1. The molecule has 0 spiro atoms. The van der Waals surface area contributed by atoms with Crippen LogP contribution in [0.1, 0.15) is 43.8 Å². The molecule has 152 valence electrons. The molecular weight excluding hydrogens is 352 g/mol. The number of fused-ring (bicyclic) bond motifs is 1. The van der Waals surface area contributed by atoms with Crippen LogP contribution in [0.3, 0.4) is 0 Å². The Kier molecular flexibility index (Phi) is 8.15. The van der Waals surface area contributed by atoms with Crippen molar-refractivity contribution in [3.8, 4) is 5.75 Å². The van der Waals surface area contributed by atoms with Gasteiger partial charge in [-0.05, 0) is 37.8 Å². The number of aliphatic imine (C=N–C) groups is 1. The Labute approximate surface area is 167 Å². The van der Waals surface area contributed by atoms with E-state index >= 15 is 0 Å². The van der Waals surface area contributed by atoms with Gasteiger partial charge in [0.05, 0.1) is 6.61 Å². The lowest BCUT2D eigenvalue weighted by Crippen LogP contribution is -2.38. The average molecular weight is 385 g/mol. The average Bonchev–Trinajstić information content (AvgIpc) is 2.96. The van der Waals surface area contributed by atoms with E-state index in [1.54, 1.807) is 7.05 Å². The minimum absolute atomic E-state index is 0.687. The van der Waals surface area contributed by atoms with Crippen LogP contribution in [0.15, 0.2) is 35.3 Å². The molecule has 0 fully saturated rings. The maximum absolute atomic E-state index is 5.70. The molecule has 1 aliphatic rings. The highest BCUT2D eigenvalue weighted by molar-refractivity contribution is 5.79. The van der Waals surface area contributed by atoms with Crippen molar-refractivity contribution in [2.75, 3.05) is 26.7 Å². The summed E-state index contributed by atoms with van der Waals surface area (Å²) in [5, 5.41) is 15.5. The summed E-state index contributed by atoms with van der Waals surface area (Å²) in [6.45, 7) is 3.44. The van der Waals surface area contributed by atoms with E-state index in [2.05, 4.69) is 30.4 Å². The topological polar surface area (TPSA) is 76.4 Å². The quantitative estimate of drug-likeness (QED) is 0.395. The van der Waals surface area contributed by atoms with Gasteiger partial charge < -0.3 is 19.9 Å². The molecule has 28 heavy (non-hydrogen) atoms. The third-order valence-corrected chi connectivity index (χ3v) is 4.90. The van der Waals surface area contributed by atoms with Crippen molar-refractivity contribution in [1.82, 2.24) is 25.4 Å². The van der Waals surface area contributed by atoms with Gasteiger partial charge in [-0.2, -0.15) is 0 Å². The molecule has 0 amide bonds. The number of hydrogen-bond acceptors (Lipinski definition) is 4. The maximum atomic E-state index is 5.70. The summed E-state index contributed by atoms with van der Waals surface area (Å²) in [7, 11) is 1.80. The molecule has 0 bridgehead atoms. The third kappa shape index (κ3) is 6.25. The largest absolute Gasteiger partial charge is 0.494 e. The second-order valence-corrected chi connectivity index (χ2v) is 7.04. The van der Waals surface area contributed by atoms with Crippen LogP contribution in [-0.2, 0) is 19.4 Å². The Morgan fingerprint density at radius 1 is 1.07 bits per heavy atom. The zero-order chi connectivity index (χ0) is 19.4. The van der Waals surface area contributed by atoms with Crippen molar-refractivity contribution in [3.05, 3.63) is 42.0 Å². The van der Waals surface area contributed by atoms with E-state index < -0.39 is 0 Å². The highest BCUT2D eigenvalue weighted by Crippen LogP contribution is 2.15. The number of aryl methyl sites for hydroxylation is 2. The molecule has 0 atom stereocenters. The number of benzene rings is 1. The van der Waals surface area contributed by atoms with Crippen LogP contribution in [0.25, 0.3) is 0 Å². The third-order valence-electron chi connectivity index (χ3n) is 4.90. The van der Waals surface area contributed by atoms with Crippen molar-refractivity contribution < 1.29 is 4.74 Å². The summed E-state index contributed by atoms with van der Waals surface area (Å²) in [6.07, 6.45) is 7.71. The normalized spacial score (nSPS) is 14.2. The van der Waals surface area contributed by atoms with Crippen molar-refractivity contribution in [2.45, 2.75) is 51.5 Å². The Morgan fingerprint density at radius 3 is 2.71 bits per heavy atom. The van der Waals surface area contributed by atoms with Gasteiger partial charge in [0.1, 0.15) is 17.4 Å². The summed E-state index contributed by atoms with van der Waals surface area (Å²) < 4.78 is 8.03. The minimum Gasteiger partial charge on any atom is -0.494 e. The van der Waals surface area contributed by atoms with Crippen molar-refractivity contribution >= 4 is 5.96 Å². The smallest absolute Gasteiger partial charge is 0.190 e. The number of ether oxygens (including phenoxy) is 1. The molecule has 0 radical (unpaired) electrons. The van der Waals surface area contributed by atoms with E-state index in [-0.39, 0.29) is 0 Å². The Balaban J connectivity index is 1.29. The number of aromatic nitrogens is 3. The number of guanidine groups is 1. The first-order valence-corrected chi connectivity index (χ1v) is 10.4. The second kappa shape index (κ2) is 11.3. The number of nitrogens with zero attached hydrogens (tertiary/aromatic N) is 4. The van der Waals surface area contributed by atoms with E-state index in [0.717, 1.165) is 68.7 Å². The van der Waals surface area contributed by atoms with Crippen molar-refractivity contribution in [2.24, 2.45) is 4.99 Å². The van der Waals surface area contributed by atoms with Gasteiger partial charge in [0, 0.05) is 39.5 Å². The Hall–Kier alpha value is -2.57. The van der Waals surface area contributed by atoms with Gasteiger partial charge in [0.2, 0.25) is 0 Å². The minimum atomic E-state index is 0.687. The van der Waals surface area contributed by atoms with Crippen LogP contribution in [0, 0.1) is 0 Å². The molecule has 1 aromatic carbocycles. The van der Waals surface area contributed by atoms with Gasteiger partial charge in [0.15, 0.2) is 5.96 Å². The first-order chi connectivity index (χ1) is 13.9. The molecule has 1 aromatic heterocycles. The molecule has 2 aromatic rings. The maximum Gasteiger partial charge on any atom is 0.190 e. The fourth-order valence-corrected chi connectivity index (χ4v) is 3.39. The first-order valence-electron chi connectivity index (χ1n) is 10.4. The first kappa shape index (κ1) is 20.2. The molecule has 1 aliphatic heterocycles. The fraction of sp³-hybridized carbons (Fsp3) is 0.571. The molecular formula is C21H32N6O. The summed E-state index contributed by atoms with van der Waals surface area (Å²) in [5.74, 6) is 4.03. The lowest BCUT2D eigenvalue weighted by molar-refractivity contribution is 0.311. The van der Waals surface area contributed by atoms with Crippen LogP contribution in [0.2, 0.25) is 0 Å². The SMILES string of the molecule is CN=C(NCCCOc1ccccc1)NCCCc1nnc2n1CCCCC2. The van der Waals surface area contributed by atoms with E-state index in [1.165, 1.54) is 19.3 Å². The summed E-state index contributed by atoms with van der Waals surface area (Å²) in [5.41, 5.74) is 0. The molecule has 3 rings (SSSR count). The van der Waals surface area contributed by atoms with Crippen molar-refractivity contribution in [1.29, 1.82) is 0 Å². The highest BCUT2D eigenvalue weighted by atomic mass is 16.5. The van der Waals surface area contributed by atoms with Gasteiger partial charge in [-0.25, -0.2) is 0 Å². The lowest BCUT2D eigenvalue weighted by atomic mass is 10.2. The lowest BCUT2D eigenvalue weighted by Gasteiger charge is -2.12. The van der Waals surface area contributed by atoms with E-state index in [9.17, 15) is 0 Å².